The van der Waals surface area contributed by atoms with Gasteiger partial charge in [-0.15, -0.1) is 0 Å². The minimum atomic E-state index is 0.282. The highest BCUT2D eigenvalue weighted by atomic mass is 14.9. The second kappa shape index (κ2) is 4.80. The third-order valence-electron chi connectivity index (χ3n) is 3.05. The van der Waals surface area contributed by atoms with Crippen molar-refractivity contribution >= 4 is 0 Å². The zero-order valence-electron chi connectivity index (χ0n) is 10.5. The highest BCUT2D eigenvalue weighted by molar-refractivity contribution is 5.23. The van der Waals surface area contributed by atoms with Gasteiger partial charge in [-0.3, -0.25) is 0 Å². The Morgan fingerprint density at radius 2 is 1.60 bits per heavy atom. The highest BCUT2D eigenvalue weighted by Gasteiger charge is 2.30. The molecule has 1 nitrogen and oxygen atoms in total. The standard InChI is InChI=1S/C14H23N/c1-11(15-5)13(14(2,3)4)12-9-7-6-8-10-12/h6-11,13,15H,1-5H3. The van der Waals surface area contributed by atoms with Crippen molar-refractivity contribution in [2.75, 3.05) is 7.05 Å². The normalized spacial score (nSPS) is 16.1. The van der Waals surface area contributed by atoms with Crippen LogP contribution >= 0.6 is 0 Å². The summed E-state index contributed by atoms with van der Waals surface area (Å²) in [7, 11) is 2.03. The number of rotatable bonds is 3. The molecule has 0 saturated carbocycles. The first-order valence-electron chi connectivity index (χ1n) is 5.69. The van der Waals surface area contributed by atoms with Gasteiger partial charge in [0.2, 0.25) is 0 Å². The number of nitrogens with one attached hydrogen (secondary N) is 1. The monoisotopic (exact) mass is 205 g/mol. The van der Waals surface area contributed by atoms with Crippen LogP contribution in [0.15, 0.2) is 30.3 Å². The Bertz CT molecular complexity index is 284. The number of hydrogen-bond acceptors (Lipinski definition) is 1. The summed E-state index contributed by atoms with van der Waals surface area (Å²) in [6, 6.07) is 11.3. The number of hydrogen-bond donors (Lipinski definition) is 1. The van der Waals surface area contributed by atoms with E-state index in [1.54, 1.807) is 0 Å². The summed E-state index contributed by atoms with van der Waals surface area (Å²) in [4.78, 5) is 0. The van der Waals surface area contributed by atoms with Crippen molar-refractivity contribution in [2.24, 2.45) is 5.41 Å². The first kappa shape index (κ1) is 12.3. The SMILES string of the molecule is CNC(C)C(c1ccccc1)C(C)(C)C. The molecule has 0 aromatic heterocycles. The molecule has 2 atom stereocenters. The van der Waals surface area contributed by atoms with E-state index in [0.29, 0.717) is 12.0 Å². The Morgan fingerprint density at radius 1 is 1.07 bits per heavy atom. The fourth-order valence-corrected chi connectivity index (χ4v) is 2.37. The van der Waals surface area contributed by atoms with Gasteiger partial charge in [0.15, 0.2) is 0 Å². The molecule has 2 unspecified atom stereocenters. The molecule has 0 aliphatic rings. The van der Waals surface area contributed by atoms with Gasteiger partial charge in [0, 0.05) is 12.0 Å². The van der Waals surface area contributed by atoms with Crippen LogP contribution in [0.5, 0.6) is 0 Å². The molecule has 0 spiro atoms. The van der Waals surface area contributed by atoms with Crippen LogP contribution in [0.3, 0.4) is 0 Å². The fourth-order valence-electron chi connectivity index (χ4n) is 2.37. The lowest BCUT2D eigenvalue weighted by Crippen LogP contribution is -2.36. The van der Waals surface area contributed by atoms with E-state index in [-0.39, 0.29) is 5.41 Å². The molecular formula is C14H23N. The van der Waals surface area contributed by atoms with Crippen LogP contribution < -0.4 is 5.32 Å². The summed E-state index contributed by atoms with van der Waals surface area (Å²) in [5.41, 5.74) is 1.70. The lowest BCUT2D eigenvalue weighted by atomic mass is 9.73. The van der Waals surface area contributed by atoms with Crippen molar-refractivity contribution in [2.45, 2.75) is 39.7 Å². The van der Waals surface area contributed by atoms with Gasteiger partial charge < -0.3 is 5.32 Å². The molecular weight excluding hydrogens is 182 g/mol. The molecule has 0 aliphatic heterocycles. The summed E-state index contributed by atoms with van der Waals surface area (Å²) in [6.45, 7) is 9.17. The Balaban J connectivity index is 3.02. The summed E-state index contributed by atoms with van der Waals surface area (Å²) in [6.07, 6.45) is 0. The average Bonchev–Trinajstić information content (AvgIpc) is 2.17. The van der Waals surface area contributed by atoms with E-state index >= 15 is 0 Å². The molecule has 0 radical (unpaired) electrons. The fraction of sp³-hybridized carbons (Fsp3) is 0.571. The van der Waals surface area contributed by atoms with E-state index in [9.17, 15) is 0 Å². The number of benzene rings is 1. The van der Waals surface area contributed by atoms with E-state index in [0.717, 1.165) is 0 Å². The van der Waals surface area contributed by atoms with Gasteiger partial charge in [-0.05, 0) is 24.9 Å². The Labute approximate surface area is 93.9 Å². The predicted molar refractivity (Wildman–Crippen MR) is 67.2 cm³/mol. The van der Waals surface area contributed by atoms with Gasteiger partial charge in [-0.2, -0.15) is 0 Å². The quantitative estimate of drug-likeness (QED) is 0.797. The molecule has 0 aliphatic carbocycles. The van der Waals surface area contributed by atoms with Crippen LogP contribution in [-0.2, 0) is 0 Å². The van der Waals surface area contributed by atoms with Gasteiger partial charge >= 0.3 is 0 Å². The predicted octanol–water partition coefficient (Wildman–Crippen LogP) is 3.42. The van der Waals surface area contributed by atoms with E-state index in [1.807, 2.05) is 7.05 Å². The molecule has 0 heterocycles. The second-order valence-electron chi connectivity index (χ2n) is 5.33. The maximum Gasteiger partial charge on any atom is 0.0109 e. The topological polar surface area (TPSA) is 12.0 Å². The molecule has 0 bridgehead atoms. The lowest BCUT2D eigenvalue weighted by molar-refractivity contribution is 0.269. The average molecular weight is 205 g/mol. The minimum Gasteiger partial charge on any atom is -0.317 e. The van der Waals surface area contributed by atoms with E-state index < -0.39 is 0 Å². The van der Waals surface area contributed by atoms with E-state index in [1.165, 1.54) is 5.56 Å². The maximum absolute atomic E-state index is 3.37. The van der Waals surface area contributed by atoms with Crippen LogP contribution in [0.4, 0.5) is 0 Å². The molecule has 1 aromatic carbocycles. The van der Waals surface area contributed by atoms with Crippen molar-refractivity contribution in [1.82, 2.24) is 5.32 Å². The Morgan fingerprint density at radius 3 is 2.00 bits per heavy atom. The molecule has 15 heavy (non-hydrogen) atoms. The van der Waals surface area contributed by atoms with E-state index in [4.69, 9.17) is 0 Å². The highest BCUT2D eigenvalue weighted by Crippen LogP contribution is 2.37. The third kappa shape index (κ3) is 3.07. The molecule has 1 aromatic rings. The summed E-state index contributed by atoms with van der Waals surface area (Å²) in [5, 5.41) is 3.37. The molecule has 0 fully saturated rings. The molecule has 1 N–H and O–H groups in total. The van der Waals surface area contributed by atoms with Crippen LogP contribution in [0.25, 0.3) is 0 Å². The summed E-state index contributed by atoms with van der Waals surface area (Å²) >= 11 is 0. The maximum atomic E-state index is 3.37. The molecule has 84 valence electrons. The van der Waals surface area contributed by atoms with Gasteiger partial charge in [-0.25, -0.2) is 0 Å². The molecule has 1 rings (SSSR count). The Hall–Kier alpha value is -0.820. The summed E-state index contributed by atoms with van der Waals surface area (Å²) < 4.78 is 0. The second-order valence-corrected chi connectivity index (χ2v) is 5.33. The van der Waals surface area contributed by atoms with Crippen molar-refractivity contribution in [3.8, 4) is 0 Å². The van der Waals surface area contributed by atoms with Crippen molar-refractivity contribution in [1.29, 1.82) is 0 Å². The Kier molecular flexibility index (Phi) is 3.92. The third-order valence-corrected chi connectivity index (χ3v) is 3.05. The zero-order valence-corrected chi connectivity index (χ0v) is 10.5. The smallest absolute Gasteiger partial charge is 0.0109 e. The minimum absolute atomic E-state index is 0.282. The van der Waals surface area contributed by atoms with E-state index in [2.05, 4.69) is 63.3 Å². The summed E-state index contributed by atoms with van der Waals surface area (Å²) in [5.74, 6) is 0.545. The molecule has 1 heteroatoms. The van der Waals surface area contributed by atoms with Crippen molar-refractivity contribution < 1.29 is 0 Å². The van der Waals surface area contributed by atoms with Crippen LogP contribution in [0.1, 0.15) is 39.2 Å². The van der Waals surface area contributed by atoms with Crippen LogP contribution in [0.2, 0.25) is 0 Å². The lowest BCUT2D eigenvalue weighted by Gasteiger charge is -2.35. The molecule has 0 saturated heterocycles. The van der Waals surface area contributed by atoms with Gasteiger partial charge in [-0.1, -0.05) is 51.1 Å². The van der Waals surface area contributed by atoms with Crippen LogP contribution in [0, 0.1) is 5.41 Å². The number of likely N-dealkylation sites (N-methyl/N-ethyl adjacent to an activating group) is 1. The zero-order chi connectivity index (χ0) is 11.5. The van der Waals surface area contributed by atoms with Crippen molar-refractivity contribution in [3.63, 3.8) is 0 Å². The molecule has 0 amide bonds. The van der Waals surface area contributed by atoms with Gasteiger partial charge in [0.1, 0.15) is 0 Å². The van der Waals surface area contributed by atoms with Crippen LogP contribution in [-0.4, -0.2) is 13.1 Å². The first-order chi connectivity index (χ1) is 6.96. The first-order valence-corrected chi connectivity index (χ1v) is 5.69. The van der Waals surface area contributed by atoms with Crippen molar-refractivity contribution in [3.05, 3.63) is 35.9 Å². The van der Waals surface area contributed by atoms with Gasteiger partial charge in [0.25, 0.3) is 0 Å². The van der Waals surface area contributed by atoms with Gasteiger partial charge in [0.05, 0.1) is 0 Å². The largest absolute Gasteiger partial charge is 0.317 e.